The first-order valence-electron chi connectivity index (χ1n) is 7.65. The summed E-state index contributed by atoms with van der Waals surface area (Å²) in [5.41, 5.74) is 2.01. The molecule has 0 amide bonds. The van der Waals surface area contributed by atoms with Crippen LogP contribution in [0.3, 0.4) is 0 Å². The molecular weight excluding hydrogens is 250 g/mol. The first kappa shape index (κ1) is 13.6. The Morgan fingerprint density at radius 2 is 2.20 bits per heavy atom. The summed E-state index contributed by atoms with van der Waals surface area (Å²) in [7, 11) is 0. The van der Waals surface area contributed by atoms with E-state index in [2.05, 4.69) is 18.7 Å². The fourth-order valence-corrected chi connectivity index (χ4v) is 3.15. The number of benzene rings is 1. The molecule has 0 N–H and O–H groups in total. The van der Waals surface area contributed by atoms with Gasteiger partial charge in [-0.1, -0.05) is 13.8 Å². The van der Waals surface area contributed by atoms with Gasteiger partial charge in [-0.2, -0.15) is 0 Å². The Bertz CT molecular complexity index is 512. The molecule has 2 aliphatic heterocycles. The Morgan fingerprint density at radius 1 is 1.35 bits per heavy atom. The number of ether oxygens (including phenoxy) is 1. The van der Waals surface area contributed by atoms with Crippen LogP contribution < -0.4 is 4.74 Å². The number of carbonyl (C=O) groups is 1. The normalized spacial score (nSPS) is 26.1. The van der Waals surface area contributed by atoms with Gasteiger partial charge in [0.05, 0.1) is 13.2 Å². The van der Waals surface area contributed by atoms with E-state index in [1.807, 2.05) is 18.2 Å². The number of hydrogen-bond acceptors (Lipinski definition) is 3. The molecule has 0 aromatic heterocycles. The van der Waals surface area contributed by atoms with Crippen LogP contribution in [-0.2, 0) is 6.42 Å². The largest absolute Gasteiger partial charge is 0.493 e. The number of nitrogens with zero attached hydrogens (tertiary/aromatic N) is 1. The molecule has 108 valence electrons. The zero-order valence-electron chi connectivity index (χ0n) is 12.4. The van der Waals surface area contributed by atoms with Crippen LogP contribution in [0.1, 0.15) is 36.2 Å². The minimum absolute atomic E-state index is 0.237. The van der Waals surface area contributed by atoms with E-state index in [0.717, 1.165) is 43.3 Å². The van der Waals surface area contributed by atoms with Crippen molar-refractivity contribution in [2.45, 2.75) is 26.7 Å². The number of rotatable bonds is 3. The SMILES string of the molecule is CC1CCN(CC(=O)c2ccc3c(c2)CCO3)CC1C. The lowest BCUT2D eigenvalue weighted by Gasteiger charge is -2.34. The fraction of sp³-hybridized carbons (Fsp3) is 0.588. The second kappa shape index (κ2) is 5.57. The molecule has 0 radical (unpaired) electrons. The number of Topliss-reactive ketones (excluding diaryl/α,β-unsaturated/α-hetero) is 1. The third-order valence-corrected chi connectivity index (χ3v) is 4.80. The first-order chi connectivity index (χ1) is 9.63. The van der Waals surface area contributed by atoms with Crippen molar-refractivity contribution in [1.29, 1.82) is 0 Å². The molecule has 0 saturated carbocycles. The van der Waals surface area contributed by atoms with Crippen molar-refractivity contribution in [3.8, 4) is 5.75 Å². The number of hydrogen-bond donors (Lipinski definition) is 0. The van der Waals surface area contributed by atoms with E-state index in [0.29, 0.717) is 12.5 Å². The van der Waals surface area contributed by atoms with Gasteiger partial charge in [0.1, 0.15) is 5.75 Å². The van der Waals surface area contributed by atoms with E-state index in [9.17, 15) is 4.79 Å². The molecule has 20 heavy (non-hydrogen) atoms. The molecule has 1 fully saturated rings. The van der Waals surface area contributed by atoms with Gasteiger partial charge in [-0.05, 0) is 48.6 Å². The smallest absolute Gasteiger partial charge is 0.176 e. The predicted octanol–water partition coefficient (Wildman–Crippen LogP) is 2.78. The summed E-state index contributed by atoms with van der Waals surface area (Å²) >= 11 is 0. The van der Waals surface area contributed by atoms with Gasteiger partial charge < -0.3 is 4.74 Å². The van der Waals surface area contributed by atoms with Crippen LogP contribution in [0.4, 0.5) is 0 Å². The van der Waals surface area contributed by atoms with Crippen LogP contribution in [0.5, 0.6) is 5.75 Å². The summed E-state index contributed by atoms with van der Waals surface area (Å²) < 4.78 is 5.49. The highest BCUT2D eigenvalue weighted by molar-refractivity contribution is 5.98. The summed E-state index contributed by atoms with van der Waals surface area (Å²) in [5, 5.41) is 0. The van der Waals surface area contributed by atoms with Crippen molar-refractivity contribution in [3.05, 3.63) is 29.3 Å². The van der Waals surface area contributed by atoms with Crippen LogP contribution in [0.2, 0.25) is 0 Å². The van der Waals surface area contributed by atoms with Crippen LogP contribution in [0.25, 0.3) is 0 Å². The minimum atomic E-state index is 0.237. The van der Waals surface area contributed by atoms with Gasteiger partial charge in [0.15, 0.2) is 5.78 Å². The molecule has 2 aliphatic rings. The lowest BCUT2D eigenvalue weighted by molar-refractivity contribution is 0.0849. The minimum Gasteiger partial charge on any atom is -0.493 e. The van der Waals surface area contributed by atoms with Gasteiger partial charge in [-0.15, -0.1) is 0 Å². The zero-order valence-corrected chi connectivity index (χ0v) is 12.4. The zero-order chi connectivity index (χ0) is 14.1. The molecule has 3 nitrogen and oxygen atoms in total. The Balaban J connectivity index is 1.65. The molecule has 2 unspecified atom stereocenters. The molecule has 1 aromatic rings. The Morgan fingerprint density at radius 3 is 3.00 bits per heavy atom. The molecule has 2 heterocycles. The second-order valence-corrected chi connectivity index (χ2v) is 6.32. The van der Waals surface area contributed by atoms with Crippen LogP contribution in [-0.4, -0.2) is 36.9 Å². The van der Waals surface area contributed by atoms with Crippen molar-refractivity contribution in [2.24, 2.45) is 11.8 Å². The average molecular weight is 273 g/mol. The molecule has 3 rings (SSSR count). The number of piperidine rings is 1. The number of ketones is 1. The van der Waals surface area contributed by atoms with Crippen LogP contribution >= 0.6 is 0 Å². The molecule has 0 bridgehead atoms. The molecule has 0 aliphatic carbocycles. The topological polar surface area (TPSA) is 29.5 Å². The summed E-state index contributed by atoms with van der Waals surface area (Å²) in [6.07, 6.45) is 2.13. The van der Waals surface area contributed by atoms with Gasteiger partial charge >= 0.3 is 0 Å². The second-order valence-electron chi connectivity index (χ2n) is 6.32. The van der Waals surface area contributed by atoms with Crippen molar-refractivity contribution in [2.75, 3.05) is 26.2 Å². The summed E-state index contributed by atoms with van der Waals surface area (Å²) in [6.45, 7) is 7.98. The number of carbonyl (C=O) groups excluding carboxylic acids is 1. The van der Waals surface area contributed by atoms with E-state index < -0.39 is 0 Å². The lowest BCUT2D eigenvalue weighted by Crippen LogP contribution is -2.41. The third-order valence-electron chi connectivity index (χ3n) is 4.80. The van der Waals surface area contributed by atoms with E-state index in [1.165, 1.54) is 12.0 Å². The van der Waals surface area contributed by atoms with Gasteiger partial charge in [0.25, 0.3) is 0 Å². The molecule has 2 atom stereocenters. The quantitative estimate of drug-likeness (QED) is 0.793. The Kier molecular flexibility index (Phi) is 3.79. The maximum Gasteiger partial charge on any atom is 0.176 e. The van der Waals surface area contributed by atoms with E-state index in [1.54, 1.807) is 0 Å². The lowest BCUT2D eigenvalue weighted by atomic mass is 9.88. The Labute approximate surface area is 120 Å². The molecule has 3 heteroatoms. The Hall–Kier alpha value is -1.35. The molecular formula is C17H23NO2. The van der Waals surface area contributed by atoms with E-state index in [-0.39, 0.29) is 5.78 Å². The number of likely N-dealkylation sites (tertiary alicyclic amines) is 1. The van der Waals surface area contributed by atoms with E-state index in [4.69, 9.17) is 4.74 Å². The fourth-order valence-electron chi connectivity index (χ4n) is 3.15. The van der Waals surface area contributed by atoms with Crippen molar-refractivity contribution in [1.82, 2.24) is 4.90 Å². The van der Waals surface area contributed by atoms with Crippen molar-refractivity contribution in [3.63, 3.8) is 0 Å². The highest BCUT2D eigenvalue weighted by Gasteiger charge is 2.24. The molecule has 1 aromatic carbocycles. The van der Waals surface area contributed by atoms with Gasteiger partial charge in [-0.3, -0.25) is 9.69 Å². The van der Waals surface area contributed by atoms with Crippen LogP contribution in [0.15, 0.2) is 18.2 Å². The summed E-state index contributed by atoms with van der Waals surface area (Å²) in [4.78, 5) is 14.7. The average Bonchev–Trinajstić information content (AvgIpc) is 2.90. The van der Waals surface area contributed by atoms with Crippen molar-refractivity contribution >= 4 is 5.78 Å². The molecule has 1 saturated heterocycles. The number of fused-ring (bicyclic) bond motifs is 1. The van der Waals surface area contributed by atoms with Gasteiger partial charge in [0.2, 0.25) is 0 Å². The van der Waals surface area contributed by atoms with Gasteiger partial charge in [0, 0.05) is 18.5 Å². The van der Waals surface area contributed by atoms with Crippen molar-refractivity contribution < 1.29 is 9.53 Å². The molecule has 0 spiro atoms. The summed E-state index contributed by atoms with van der Waals surface area (Å²) in [5.74, 6) is 2.65. The predicted molar refractivity (Wildman–Crippen MR) is 79.4 cm³/mol. The summed E-state index contributed by atoms with van der Waals surface area (Å²) in [6, 6.07) is 5.86. The first-order valence-corrected chi connectivity index (χ1v) is 7.65. The monoisotopic (exact) mass is 273 g/mol. The highest BCUT2D eigenvalue weighted by atomic mass is 16.5. The third kappa shape index (κ3) is 2.73. The van der Waals surface area contributed by atoms with Crippen LogP contribution in [0, 0.1) is 11.8 Å². The maximum atomic E-state index is 12.4. The van der Waals surface area contributed by atoms with Gasteiger partial charge in [-0.25, -0.2) is 0 Å². The standard InChI is InChI=1S/C17H23NO2/c1-12-5-7-18(10-13(12)2)11-16(19)14-3-4-17-15(9-14)6-8-20-17/h3-4,9,12-13H,5-8,10-11H2,1-2H3. The highest BCUT2D eigenvalue weighted by Crippen LogP contribution is 2.27. The van der Waals surface area contributed by atoms with E-state index >= 15 is 0 Å². The maximum absolute atomic E-state index is 12.4.